The van der Waals surface area contributed by atoms with Crippen molar-refractivity contribution in [3.05, 3.63) is 105 Å². The Morgan fingerprint density at radius 1 is 1.20 bits per heavy atom. The van der Waals surface area contributed by atoms with E-state index in [0.717, 1.165) is 46.7 Å². The van der Waals surface area contributed by atoms with Crippen LogP contribution in [0.4, 0.5) is 4.39 Å². The molecule has 1 aliphatic carbocycles. The van der Waals surface area contributed by atoms with Gasteiger partial charge in [-0.25, -0.2) is 14.2 Å². The number of fused-ring (bicyclic) bond motifs is 3. The SMILES string of the molecule is C[C@]1(c2ccc(C#N)cc2F)Oc2cccc([C@H]3CCN(Cc4nc5ccc(C(=O)O)cc5n4Cc4cncs4)[C@@H]4C[C@H]34)c2O1. The van der Waals surface area contributed by atoms with E-state index in [9.17, 15) is 9.90 Å². The van der Waals surface area contributed by atoms with Crippen LogP contribution in [0.15, 0.2) is 66.3 Å². The molecule has 3 aromatic carbocycles. The summed E-state index contributed by atoms with van der Waals surface area (Å²) in [4.78, 5) is 24.5. The normalized spacial score (nSPS) is 23.5. The molecule has 1 N–H and O–H groups in total. The number of benzene rings is 3. The van der Waals surface area contributed by atoms with Gasteiger partial charge in [-0.2, -0.15) is 5.26 Å². The van der Waals surface area contributed by atoms with Gasteiger partial charge in [0, 0.05) is 29.6 Å². The van der Waals surface area contributed by atoms with E-state index in [2.05, 4.69) is 20.5 Å². The fraction of sp³-hybridized carbons (Fsp3) is 0.294. The second-order valence-electron chi connectivity index (χ2n) is 12.1. The van der Waals surface area contributed by atoms with Gasteiger partial charge in [0.15, 0.2) is 11.5 Å². The average molecular weight is 622 g/mol. The number of carboxylic acids is 1. The van der Waals surface area contributed by atoms with Crippen molar-refractivity contribution < 1.29 is 23.8 Å². The lowest BCUT2D eigenvalue weighted by Crippen LogP contribution is -2.35. The number of piperidine rings is 1. The Labute approximate surface area is 262 Å². The van der Waals surface area contributed by atoms with Crippen LogP contribution >= 0.6 is 11.3 Å². The molecule has 2 aliphatic heterocycles. The summed E-state index contributed by atoms with van der Waals surface area (Å²) in [5.74, 6) is 0.0278. The molecular formula is C34H28FN5O4S. The summed E-state index contributed by atoms with van der Waals surface area (Å²) in [5, 5.41) is 18.8. The van der Waals surface area contributed by atoms with Gasteiger partial charge in [-0.15, -0.1) is 11.3 Å². The van der Waals surface area contributed by atoms with E-state index < -0.39 is 17.6 Å². The summed E-state index contributed by atoms with van der Waals surface area (Å²) < 4.78 is 29.8. The highest BCUT2D eigenvalue weighted by Crippen LogP contribution is 2.57. The monoisotopic (exact) mass is 621 g/mol. The van der Waals surface area contributed by atoms with E-state index in [-0.39, 0.29) is 22.6 Å². The number of carbonyl (C=O) groups is 1. The van der Waals surface area contributed by atoms with E-state index >= 15 is 4.39 Å². The number of para-hydroxylation sites is 1. The van der Waals surface area contributed by atoms with Crippen LogP contribution in [0, 0.1) is 23.1 Å². The minimum absolute atomic E-state index is 0.238. The predicted octanol–water partition coefficient (Wildman–Crippen LogP) is 6.27. The lowest BCUT2D eigenvalue weighted by molar-refractivity contribution is -0.0712. The number of ether oxygens (including phenoxy) is 2. The molecule has 11 heteroatoms. The third kappa shape index (κ3) is 4.72. The molecule has 0 spiro atoms. The summed E-state index contributed by atoms with van der Waals surface area (Å²) in [6, 6.07) is 17.7. The van der Waals surface area contributed by atoms with Crippen molar-refractivity contribution in [2.75, 3.05) is 6.54 Å². The number of thiazole rings is 1. The third-order valence-corrected chi connectivity index (χ3v) is 10.1. The molecular weight excluding hydrogens is 593 g/mol. The zero-order valence-electron chi connectivity index (χ0n) is 24.3. The molecule has 45 heavy (non-hydrogen) atoms. The van der Waals surface area contributed by atoms with Gasteiger partial charge in [0.25, 0.3) is 5.79 Å². The molecule has 5 aromatic rings. The number of hydrogen-bond acceptors (Lipinski definition) is 8. The number of nitriles is 1. The summed E-state index contributed by atoms with van der Waals surface area (Å²) in [6.45, 7) is 3.81. The van der Waals surface area contributed by atoms with E-state index in [0.29, 0.717) is 36.5 Å². The maximum Gasteiger partial charge on any atom is 0.335 e. The van der Waals surface area contributed by atoms with E-state index in [4.69, 9.17) is 19.7 Å². The largest absolute Gasteiger partial charge is 0.478 e. The molecule has 4 heterocycles. The van der Waals surface area contributed by atoms with Crippen molar-refractivity contribution in [3.8, 4) is 17.6 Å². The standard InChI is InChI=1S/C34H28FN5O4S/c1-34(25-7-5-19(14-36)11-26(25)35)43-30-4-2-3-23(32(30)44-34)22-9-10-39(28-13-24(22)28)17-31-38-27-8-6-20(33(41)42)12-29(27)40(31)16-21-15-37-18-45-21/h2-8,11-12,15,18,22,24,28H,9-10,13,16-17H2,1H3,(H,41,42)/t22-,24-,28-,34+/m1/s1. The Morgan fingerprint density at radius 2 is 2.09 bits per heavy atom. The zero-order chi connectivity index (χ0) is 30.9. The number of aromatic carboxylic acids is 1. The molecule has 0 bridgehead atoms. The summed E-state index contributed by atoms with van der Waals surface area (Å²) in [5.41, 5.74) is 5.19. The zero-order valence-corrected chi connectivity index (χ0v) is 25.1. The first kappa shape index (κ1) is 27.7. The lowest BCUT2D eigenvalue weighted by Gasteiger charge is -2.32. The molecule has 0 radical (unpaired) electrons. The Hall–Kier alpha value is -4.79. The molecule has 9 nitrogen and oxygen atoms in total. The van der Waals surface area contributed by atoms with Gasteiger partial charge in [-0.3, -0.25) is 9.88 Å². The highest BCUT2D eigenvalue weighted by Gasteiger charge is 2.52. The highest BCUT2D eigenvalue weighted by molar-refractivity contribution is 7.09. The molecule has 0 amide bonds. The average Bonchev–Trinajstić information content (AvgIpc) is 3.34. The number of hydrogen-bond donors (Lipinski definition) is 1. The number of imidazole rings is 1. The fourth-order valence-corrected chi connectivity index (χ4v) is 7.67. The summed E-state index contributed by atoms with van der Waals surface area (Å²) >= 11 is 1.57. The van der Waals surface area contributed by atoms with Crippen LogP contribution in [0.5, 0.6) is 11.5 Å². The third-order valence-electron chi connectivity index (χ3n) is 9.33. The number of nitrogens with zero attached hydrogens (tertiary/aromatic N) is 5. The first-order chi connectivity index (χ1) is 21.8. The molecule has 1 saturated carbocycles. The molecule has 1 saturated heterocycles. The number of aromatic nitrogens is 3. The van der Waals surface area contributed by atoms with Crippen LogP contribution in [-0.4, -0.2) is 43.1 Å². The second kappa shape index (κ2) is 10.4. The number of rotatable bonds is 7. The van der Waals surface area contributed by atoms with E-state index in [1.807, 2.05) is 24.4 Å². The van der Waals surface area contributed by atoms with E-state index in [1.54, 1.807) is 54.1 Å². The fourth-order valence-electron chi connectivity index (χ4n) is 7.08. The number of carboxylic acid groups (broad SMARTS) is 1. The van der Waals surface area contributed by atoms with Crippen LogP contribution in [0.1, 0.15) is 63.4 Å². The quantitative estimate of drug-likeness (QED) is 0.226. The molecule has 226 valence electrons. The van der Waals surface area contributed by atoms with Crippen molar-refractivity contribution >= 4 is 28.3 Å². The number of likely N-dealkylation sites (tertiary alicyclic amines) is 1. The van der Waals surface area contributed by atoms with Gasteiger partial charge in [0.2, 0.25) is 0 Å². The minimum Gasteiger partial charge on any atom is -0.478 e. The molecule has 8 rings (SSSR count). The van der Waals surface area contributed by atoms with Gasteiger partial charge in [0.1, 0.15) is 11.6 Å². The molecule has 3 aliphatic rings. The minimum atomic E-state index is -1.34. The number of halogens is 1. The lowest BCUT2D eigenvalue weighted by atomic mass is 9.87. The van der Waals surface area contributed by atoms with Gasteiger partial charge < -0.3 is 19.1 Å². The summed E-state index contributed by atoms with van der Waals surface area (Å²) in [7, 11) is 0. The Balaban J connectivity index is 1.04. The molecule has 2 aromatic heterocycles. The van der Waals surface area contributed by atoms with Crippen LogP contribution in [-0.2, 0) is 18.9 Å². The van der Waals surface area contributed by atoms with Gasteiger partial charge in [-0.1, -0.05) is 12.1 Å². The van der Waals surface area contributed by atoms with Crippen molar-refractivity contribution in [1.29, 1.82) is 5.26 Å². The van der Waals surface area contributed by atoms with Crippen molar-refractivity contribution in [3.63, 3.8) is 0 Å². The predicted molar refractivity (Wildman–Crippen MR) is 164 cm³/mol. The molecule has 2 fully saturated rings. The van der Waals surface area contributed by atoms with Gasteiger partial charge >= 0.3 is 5.97 Å². The maximum atomic E-state index is 15.0. The van der Waals surface area contributed by atoms with Crippen LogP contribution in [0.3, 0.4) is 0 Å². The Kier molecular flexibility index (Phi) is 6.41. The summed E-state index contributed by atoms with van der Waals surface area (Å²) in [6.07, 6.45) is 3.81. The second-order valence-corrected chi connectivity index (χ2v) is 13.0. The topological polar surface area (TPSA) is 114 Å². The molecule has 4 atom stereocenters. The van der Waals surface area contributed by atoms with Crippen LogP contribution < -0.4 is 9.47 Å². The van der Waals surface area contributed by atoms with Crippen molar-refractivity contribution in [2.24, 2.45) is 5.92 Å². The van der Waals surface area contributed by atoms with Crippen LogP contribution in [0.25, 0.3) is 11.0 Å². The smallest absolute Gasteiger partial charge is 0.335 e. The highest BCUT2D eigenvalue weighted by atomic mass is 32.1. The van der Waals surface area contributed by atoms with Gasteiger partial charge in [0.05, 0.1) is 52.4 Å². The first-order valence-corrected chi connectivity index (χ1v) is 15.7. The first-order valence-electron chi connectivity index (χ1n) is 14.9. The van der Waals surface area contributed by atoms with Crippen LogP contribution in [0.2, 0.25) is 0 Å². The molecule has 0 unspecified atom stereocenters. The van der Waals surface area contributed by atoms with Gasteiger partial charge in [-0.05, 0) is 73.7 Å². The Morgan fingerprint density at radius 3 is 2.87 bits per heavy atom. The van der Waals surface area contributed by atoms with Crippen molar-refractivity contribution in [1.82, 2.24) is 19.4 Å². The van der Waals surface area contributed by atoms with Crippen molar-refractivity contribution in [2.45, 2.75) is 50.6 Å². The maximum absolute atomic E-state index is 15.0. The van der Waals surface area contributed by atoms with E-state index in [1.165, 1.54) is 6.07 Å². The Bertz CT molecular complexity index is 2020.